The summed E-state index contributed by atoms with van der Waals surface area (Å²) in [6.45, 7) is 0. The predicted octanol–water partition coefficient (Wildman–Crippen LogP) is 3.37. The summed E-state index contributed by atoms with van der Waals surface area (Å²) in [4.78, 5) is 12.0. The average Bonchev–Trinajstić information content (AvgIpc) is 3.22. The molecule has 0 radical (unpaired) electrons. The van der Waals surface area contributed by atoms with E-state index < -0.39 is 0 Å². The fraction of sp³-hybridized carbons (Fsp3) is 0.286. The molecular formula is C14H12ClN5OS2. The summed E-state index contributed by atoms with van der Waals surface area (Å²) in [5, 5.41) is 24.3. The van der Waals surface area contributed by atoms with Crippen LogP contribution in [0.25, 0.3) is 0 Å². The maximum atomic E-state index is 12.0. The van der Waals surface area contributed by atoms with E-state index in [9.17, 15) is 4.79 Å². The third-order valence-corrected chi connectivity index (χ3v) is 5.24. The molecule has 6 nitrogen and oxygen atoms in total. The van der Waals surface area contributed by atoms with Crippen LogP contribution in [0.5, 0.6) is 0 Å². The van der Waals surface area contributed by atoms with Crippen LogP contribution in [0, 0.1) is 11.3 Å². The lowest BCUT2D eigenvalue weighted by Crippen LogP contribution is -2.14. The van der Waals surface area contributed by atoms with Gasteiger partial charge in [-0.2, -0.15) is 5.26 Å². The summed E-state index contributed by atoms with van der Waals surface area (Å²) in [5.74, 6) is -0.0317. The Morgan fingerprint density at radius 1 is 1.48 bits per heavy atom. The van der Waals surface area contributed by atoms with Crippen LogP contribution in [-0.4, -0.2) is 27.9 Å². The lowest BCUT2D eigenvalue weighted by Gasteiger charge is -2.06. The Morgan fingerprint density at radius 2 is 2.30 bits per heavy atom. The number of rotatable bonds is 6. The topological polar surface area (TPSA) is 90.7 Å². The van der Waals surface area contributed by atoms with Gasteiger partial charge in [-0.3, -0.25) is 4.79 Å². The van der Waals surface area contributed by atoms with Crippen molar-refractivity contribution in [2.24, 2.45) is 0 Å². The summed E-state index contributed by atoms with van der Waals surface area (Å²) in [7, 11) is 0. The first-order valence-electron chi connectivity index (χ1n) is 6.86. The second-order valence-corrected chi connectivity index (χ2v) is 7.57. The molecule has 1 aliphatic carbocycles. The van der Waals surface area contributed by atoms with Crippen molar-refractivity contribution >= 4 is 51.4 Å². The van der Waals surface area contributed by atoms with Gasteiger partial charge in [-0.1, -0.05) is 34.7 Å². The molecule has 9 heteroatoms. The minimum Gasteiger partial charge on any atom is -0.357 e. The Bertz CT molecular complexity index is 769. The van der Waals surface area contributed by atoms with Gasteiger partial charge >= 0.3 is 0 Å². The monoisotopic (exact) mass is 365 g/mol. The highest BCUT2D eigenvalue weighted by molar-refractivity contribution is 8.01. The van der Waals surface area contributed by atoms with E-state index in [4.69, 9.17) is 16.9 Å². The van der Waals surface area contributed by atoms with Crippen molar-refractivity contribution in [3.05, 3.63) is 28.8 Å². The third kappa shape index (κ3) is 4.58. The fourth-order valence-corrected chi connectivity index (χ4v) is 3.56. The van der Waals surface area contributed by atoms with Gasteiger partial charge < -0.3 is 10.6 Å². The number of carbonyl (C=O) groups excluding carboxylic acids is 1. The van der Waals surface area contributed by atoms with Crippen molar-refractivity contribution in [1.82, 2.24) is 10.2 Å². The Kier molecular flexibility index (Phi) is 5.00. The number of nitrogens with zero attached hydrogens (tertiary/aromatic N) is 3. The molecule has 0 spiro atoms. The van der Waals surface area contributed by atoms with Crippen molar-refractivity contribution in [2.75, 3.05) is 16.4 Å². The van der Waals surface area contributed by atoms with Gasteiger partial charge in [-0.25, -0.2) is 0 Å². The maximum absolute atomic E-state index is 12.0. The molecule has 1 aliphatic rings. The number of hydrogen-bond donors (Lipinski definition) is 2. The first-order chi connectivity index (χ1) is 11.1. The Hall–Kier alpha value is -1.82. The zero-order valence-corrected chi connectivity index (χ0v) is 14.3. The first-order valence-corrected chi connectivity index (χ1v) is 9.04. The van der Waals surface area contributed by atoms with Crippen LogP contribution in [0.3, 0.4) is 0 Å². The number of thioether (sulfide) groups is 1. The molecule has 2 aromatic rings. The number of nitrogens with one attached hydrogen (secondary N) is 2. The van der Waals surface area contributed by atoms with Gasteiger partial charge in [0.25, 0.3) is 0 Å². The van der Waals surface area contributed by atoms with Gasteiger partial charge in [0, 0.05) is 11.1 Å². The smallest absolute Gasteiger partial charge is 0.234 e. The Labute approximate surface area is 146 Å². The summed E-state index contributed by atoms with van der Waals surface area (Å²) < 4.78 is 0.731. The highest BCUT2D eigenvalue weighted by atomic mass is 35.5. The Balaban J connectivity index is 1.54. The van der Waals surface area contributed by atoms with E-state index in [0.29, 0.717) is 22.3 Å². The van der Waals surface area contributed by atoms with Crippen LogP contribution in [-0.2, 0) is 4.79 Å². The van der Waals surface area contributed by atoms with Crippen LogP contribution in [0.1, 0.15) is 18.4 Å². The largest absolute Gasteiger partial charge is 0.357 e. The lowest BCUT2D eigenvalue weighted by molar-refractivity contribution is -0.113. The highest BCUT2D eigenvalue weighted by Crippen LogP contribution is 2.30. The number of carbonyl (C=O) groups is 1. The van der Waals surface area contributed by atoms with E-state index in [1.54, 1.807) is 18.2 Å². The quantitative estimate of drug-likeness (QED) is 0.763. The molecule has 118 valence electrons. The number of amides is 1. The molecule has 3 rings (SSSR count). The van der Waals surface area contributed by atoms with Crippen molar-refractivity contribution in [3.8, 4) is 6.07 Å². The van der Waals surface area contributed by atoms with Crippen LogP contribution >= 0.6 is 34.7 Å². The number of aromatic nitrogens is 2. The molecule has 1 saturated carbocycles. The van der Waals surface area contributed by atoms with Crippen LogP contribution in [0.4, 0.5) is 10.8 Å². The molecule has 1 fully saturated rings. The second-order valence-electron chi connectivity index (χ2n) is 4.93. The van der Waals surface area contributed by atoms with Gasteiger partial charge in [0.2, 0.25) is 11.0 Å². The van der Waals surface area contributed by atoms with E-state index in [-0.39, 0.29) is 11.7 Å². The van der Waals surface area contributed by atoms with E-state index in [1.165, 1.54) is 35.9 Å². The second kappa shape index (κ2) is 7.17. The zero-order chi connectivity index (χ0) is 16.2. The van der Waals surface area contributed by atoms with Crippen molar-refractivity contribution in [1.29, 1.82) is 5.26 Å². The Morgan fingerprint density at radius 3 is 3.04 bits per heavy atom. The normalized spacial score (nSPS) is 13.4. The number of halogens is 1. The van der Waals surface area contributed by atoms with E-state index in [0.717, 1.165) is 9.47 Å². The van der Waals surface area contributed by atoms with Crippen molar-refractivity contribution < 1.29 is 4.79 Å². The molecule has 1 amide bonds. The number of benzene rings is 1. The van der Waals surface area contributed by atoms with Crippen molar-refractivity contribution in [3.63, 3.8) is 0 Å². The summed E-state index contributed by atoms with van der Waals surface area (Å²) in [6.07, 6.45) is 2.34. The molecular weight excluding hydrogens is 354 g/mol. The molecule has 0 atom stereocenters. The predicted molar refractivity (Wildman–Crippen MR) is 92.1 cm³/mol. The maximum Gasteiger partial charge on any atom is 0.234 e. The zero-order valence-electron chi connectivity index (χ0n) is 11.9. The van der Waals surface area contributed by atoms with E-state index in [1.807, 2.05) is 6.07 Å². The molecule has 0 unspecified atom stereocenters. The molecule has 1 aromatic heterocycles. The molecule has 1 aromatic carbocycles. The first kappa shape index (κ1) is 16.1. The summed E-state index contributed by atoms with van der Waals surface area (Å²) in [6, 6.07) is 7.29. The molecule has 0 bridgehead atoms. The third-order valence-electron chi connectivity index (χ3n) is 3.01. The minimum absolute atomic E-state index is 0.190. The molecule has 2 N–H and O–H groups in total. The van der Waals surface area contributed by atoms with Crippen LogP contribution in [0.2, 0.25) is 5.02 Å². The van der Waals surface area contributed by atoms with Gasteiger partial charge in [0.1, 0.15) is 6.07 Å². The standard InChI is InChI=1S/C14H12ClN5OS2/c15-9-2-1-8(6-16)11(5-9)18-12(21)7-22-14-20-19-13(23-14)17-10-3-4-10/h1-2,5,10H,3-4,7H2,(H,17,19)(H,18,21). The molecule has 23 heavy (non-hydrogen) atoms. The van der Waals surface area contributed by atoms with Crippen LogP contribution in [0.15, 0.2) is 22.5 Å². The summed E-state index contributed by atoms with van der Waals surface area (Å²) in [5.41, 5.74) is 0.790. The fourth-order valence-electron chi connectivity index (χ4n) is 1.76. The molecule has 0 aliphatic heterocycles. The molecule has 0 saturated heterocycles. The van der Waals surface area contributed by atoms with Gasteiger partial charge in [0.05, 0.1) is 17.0 Å². The number of anilines is 2. The number of hydrogen-bond acceptors (Lipinski definition) is 7. The van der Waals surface area contributed by atoms with Gasteiger partial charge in [-0.15, -0.1) is 10.2 Å². The average molecular weight is 366 g/mol. The van der Waals surface area contributed by atoms with Crippen molar-refractivity contribution in [2.45, 2.75) is 23.2 Å². The van der Waals surface area contributed by atoms with Gasteiger partial charge in [-0.05, 0) is 31.0 Å². The highest BCUT2D eigenvalue weighted by Gasteiger charge is 2.22. The van der Waals surface area contributed by atoms with Gasteiger partial charge in [0.15, 0.2) is 4.34 Å². The van der Waals surface area contributed by atoms with E-state index in [2.05, 4.69) is 20.8 Å². The molecule has 1 heterocycles. The minimum atomic E-state index is -0.222. The van der Waals surface area contributed by atoms with E-state index >= 15 is 0 Å². The van der Waals surface area contributed by atoms with Crippen LogP contribution < -0.4 is 10.6 Å². The SMILES string of the molecule is N#Cc1ccc(Cl)cc1NC(=O)CSc1nnc(NC2CC2)s1. The number of nitriles is 1. The lowest BCUT2D eigenvalue weighted by atomic mass is 10.2. The summed E-state index contributed by atoms with van der Waals surface area (Å²) >= 11 is 8.64.